The van der Waals surface area contributed by atoms with Gasteiger partial charge in [-0.1, -0.05) is 18.5 Å². The van der Waals surface area contributed by atoms with Crippen molar-refractivity contribution in [2.75, 3.05) is 6.54 Å². The number of nitrogens with zero attached hydrogens (tertiary/aromatic N) is 2. The highest BCUT2D eigenvalue weighted by Crippen LogP contribution is 2.36. The molecular formula is C15H20ClN3S. The molecule has 1 unspecified atom stereocenters. The lowest BCUT2D eigenvalue weighted by Crippen LogP contribution is -2.23. The molecule has 1 N–H and O–H groups in total. The lowest BCUT2D eigenvalue weighted by molar-refractivity contribution is 0.579. The third-order valence-electron chi connectivity index (χ3n) is 3.92. The van der Waals surface area contributed by atoms with E-state index in [0.29, 0.717) is 0 Å². The summed E-state index contributed by atoms with van der Waals surface area (Å²) >= 11 is 8.27. The first-order chi connectivity index (χ1) is 9.70. The average molecular weight is 310 g/mol. The van der Waals surface area contributed by atoms with Crippen LogP contribution < -0.4 is 5.32 Å². The van der Waals surface area contributed by atoms with Crippen molar-refractivity contribution in [2.24, 2.45) is 7.05 Å². The van der Waals surface area contributed by atoms with Gasteiger partial charge in [-0.05, 0) is 43.9 Å². The van der Waals surface area contributed by atoms with Gasteiger partial charge in [0.05, 0.1) is 23.0 Å². The average Bonchev–Trinajstić information content (AvgIpc) is 3.01. The van der Waals surface area contributed by atoms with Crippen LogP contribution in [-0.2, 0) is 19.9 Å². The Morgan fingerprint density at radius 2 is 2.25 bits per heavy atom. The van der Waals surface area contributed by atoms with E-state index in [-0.39, 0.29) is 6.04 Å². The van der Waals surface area contributed by atoms with Gasteiger partial charge in [-0.15, -0.1) is 11.3 Å². The van der Waals surface area contributed by atoms with Gasteiger partial charge in [-0.25, -0.2) is 0 Å². The van der Waals surface area contributed by atoms with Crippen LogP contribution in [0.2, 0.25) is 5.02 Å². The van der Waals surface area contributed by atoms with E-state index in [0.717, 1.165) is 17.3 Å². The van der Waals surface area contributed by atoms with Gasteiger partial charge in [0.15, 0.2) is 0 Å². The maximum Gasteiger partial charge on any atom is 0.0857 e. The third kappa shape index (κ3) is 2.52. The van der Waals surface area contributed by atoms with Crippen molar-refractivity contribution in [1.29, 1.82) is 0 Å². The summed E-state index contributed by atoms with van der Waals surface area (Å²) in [7, 11) is 1.96. The summed E-state index contributed by atoms with van der Waals surface area (Å²) in [6, 6.07) is 2.52. The van der Waals surface area contributed by atoms with Gasteiger partial charge in [-0.3, -0.25) is 4.68 Å². The second-order valence-electron chi connectivity index (χ2n) is 5.30. The number of aryl methyl sites for hydroxylation is 3. The largest absolute Gasteiger partial charge is 0.305 e. The maximum atomic E-state index is 6.33. The zero-order chi connectivity index (χ0) is 14.1. The fraction of sp³-hybridized carbons (Fsp3) is 0.533. The first-order valence-electron chi connectivity index (χ1n) is 7.23. The molecule has 20 heavy (non-hydrogen) atoms. The van der Waals surface area contributed by atoms with Gasteiger partial charge in [0.1, 0.15) is 0 Å². The summed E-state index contributed by atoms with van der Waals surface area (Å²) in [4.78, 5) is 2.93. The van der Waals surface area contributed by atoms with E-state index in [2.05, 4.69) is 23.4 Å². The van der Waals surface area contributed by atoms with E-state index in [1.807, 2.05) is 23.1 Å². The van der Waals surface area contributed by atoms with E-state index in [1.165, 1.54) is 36.1 Å². The normalized spacial score (nSPS) is 16.1. The zero-order valence-corrected chi connectivity index (χ0v) is 13.5. The minimum Gasteiger partial charge on any atom is -0.305 e. The van der Waals surface area contributed by atoms with Crippen molar-refractivity contribution >= 4 is 22.9 Å². The van der Waals surface area contributed by atoms with Crippen molar-refractivity contribution in [3.05, 3.63) is 38.3 Å². The Morgan fingerprint density at radius 1 is 1.45 bits per heavy atom. The molecule has 0 bridgehead atoms. The van der Waals surface area contributed by atoms with Crippen LogP contribution in [-0.4, -0.2) is 16.3 Å². The first-order valence-corrected chi connectivity index (χ1v) is 8.42. The van der Waals surface area contributed by atoms with Gasteiger partial charge in [-0.2, -0.15) is 5.10 Å². The Hall–Kier alpha value is -0.840. The molecular weight excluding hydrogens is 290 g/mol. The number of hydrogen-bond acceptors (Lipinski definition) is 3. The van der Waals surface area contributed by atoms with Crippen LogP contribution >= 0.6 is 22.9 Å². The molecule has 0 amide bonds. The van der Waals surface area contributed by atoms with Crippen molar-refractivity contribution in [3.8, 4) is 0 Å². The highest BCUT2D eigenvalue weighted by Gasteiger charge is 2.24. The lowest BCUT2D eigenvalue weighted by atomic mass is 9.98. The molecule has 2 aromatic rings. The molecule has 0 spiro atoms. The fourth-order valence-electron chi connectivity index (χ4n) is 2.94. The Kier molecular flexibility index (Phi) is 4.15. The summed E-state index contributed by atoms with van der Waals surface area (Å²) in [6.07, 6.45) is 6.84. The summed E-state index contributed by atoms with van der Waals surface area (Å²) in [6.45, 7) is 3.04. The molecule has 1 atom stereocenters. The van der Waals surface area contributed by atoms with Crippen molar-refractivity contribution in [2.45, 2.75) is 38.6 Å². The number of thiophene rings is 1. The summed E-state index contributed by atoms with van der Waals surface area (Å²) in [5.74, 6) is 0. The molecule has 1 aliphatic carbocycles. The fourth-order valence-corrected chi connectivity index (χ4v) is 4.55. The predicted octanol–water partition coefficient (Wildman–Crippen LogP) is 3.71. The van der Waals surface area contributed by atoms with Crippen LogP contribution in [0.25, 0.3) is 0 Å². The topological polar surface area (TPSA) is 29.9 Å². The molecule has 0 saturated carbocycles. The summed E-state index contributed by atoms with van der Waals surface area (Å²) in [5.41, 5.74) is 2.60. The Labute approximate surface area is 129 Å². The Morgan fingerprint density at radius 3 is 2.90 bits per heavy atom. The van der Waals surface area contributed by atoms with Crippen molar-refractivity contribution in [3.63, 3.8) is 0 Å². The zero-order valence-electron chi connectivity index (χ0n) is 11.9. The SMILES string of the molecule is CCNC(c1cc2c(s1)CCCC2)c1c(Cl)cnn1C. The van der Waals surface area contributed by atoms with Gasteiger partial charge < -0.3 is 5.32 Å². The minimum atomic E-state index is 0.149. The van der Waals surface area contributed by atoms with Crippen LogP contribution in [0.4, 0.5) is 0 Å². The summed E-state index contributed by atoms with van der Waals surface area (Å²) in [5, 5.41) is 8.57. The molecule has 1 aliphatic rings. The van der Waals surface area contributed by atoms with E-state index >= 15 is 0 Å². The first kappa shape index (κ1) is 14.1. The quantitative estimate of drug-likeness (QED) is 0.933. The van der Waals surface area contributed by atoms with Crippen molar-refractivity contribution < 1.29 is 0 Å². The minimum absolute atomic E-state index is 0.149. The molecule has 3 nitrogen and oxygen atoms in total. The molecule has 2 heterocycles. The van der Waals surface area contributed by atoms with E-state index in [9.17, 15) is 0 Å². The molecule has 0 radical (unpaired) electrons. The van der Waals surface area contributed by atoms with Crippen LogP contribution in [0.15, 0.2) is 12.3 Å². The van der Waals surface area contributed by atoms with Gasteiger partial charge in [0, 0.05) is 16.8 Å². The molecule has 0 aromatic carbocycles. The van der Waals surface area contributed by atoms with E-state index in [4.69, 9.17) is 11.6 Å². The second kappa shape index (κ2) is 5.88. The summed E-state index contributed by atoms with van der Waals surface area (Å²) < 4.78 is 1.88. The van der Waals surface area contributed by atoms with Crippen LogP contribution in [0.1, 0.15) is 46.8 Å². The van der Waals surface area contributed by atoms with Gasteiger partial charge >= 0.3 is 0 Å². The number of hydrogen-bond donors (Lipinski definition) is 1. The van der Waals surface area contributed by atoms with Crippen molar-refractivity contribution in [1.82, 2.24) is 15.1 Å². The molecule has 3 rings (SSSR count). The van der Waals surface area contributed by atoms with Gasteiger partial charge in [0.25, 0.3) is 0 Å². The number of fused-ring (bicyclic) bond motifs is 1. The molecule has 0 saturated heterocycles. The van der Waals surface area contributed by atoms with Gasteiger partial charge in [0.2, 0.25) is 0 Å². The Balaban J connectivity index is 2.00. The second-order valence-corrected chi connectivity index (χ2v) is 6.87. The van der Waals surface area contributed by atoms with Crippen LogP contribution in [0.3, 0.4) is 0 Å². The number of rotatable bonds is 4. The highest BCUT2D eigenvalue weighted by molar-refractivity contribution is 7.12. The molecule has 108 valence electrons. The molecule has 0 aliphatic heterocycles. The Bertz CT molecular complexity index is 559. The lowest BCUT2D eigenvalue weighted by Gasteiger charge is -2.17. The number of halogens is 1. The predicted molar refractivity (Wildman–Crippen MR) is 84.7 cm³/mol. The van der Waals surface area contributed by atoms with E-state index in [1.54, 1.807) is 11.1 Å². The van der Waals surface area contributed by atoms with Crippen LogP contribution in [0.5, 0.6) is 0 Å². The standard InChI is InChI=1S/C15H20ClN3S/c1-3-17-14(15-11(16)9-18-19(15)2)13-8-10-6-4-5-7-12(10)20-13/h8-9,14,17H,3-7H2,1-2H3. The third-order valence-corrected chi connectivity index (χ3v) is 5.51. The number of aromatic nitrogens is 2. The smallest absolute Gasteiger partial charge is 0.0857 e. The highest BCUT2D eigenvalue weighted by atomic mass is 35.5. The molecule has 0 fully saturated rings. The molecule has 5 heteroatoms. The number of nitrogens with one attached hydrogen (secondary N) is 1. The maximum absolute atomic E-state index is 6.33. The van der Waals surface area contributed by atoms with E-state index < -0.39 is 0 Å². The molecule has 2 aromatic heterocycles. The monoisotopic (exact) mass is 309 g/mol. The van der Waals surface area contributed by atoms with Crippen LogP contribution in [0, 0.1) is 0 Å².